The molecule has 47 heavy (non-hydrogen) atoms. The maximum atomic E-state index is 14.3. The lowest BCUT2D eigenvalue weighted by atomic mass is 9.73. The Bertz CT molecular complexity index is 1990. The highest BCUT2D eigenvalue weighted by molar-refractivity contribution is 7.18. The Morgan fingerprint density at radius 3 is 2.68 bits per heavy atom. The quantitative estimate of drug-likeness (QED) is 0.219. The molecule has 8 nitrogen and oxygen atoms in total. The normalized spacial score (nSPS) is 23.2. The van der Waals surface area contributed by atoms with E-state index in [-0.39, 0.29) is 42.2 Å². The van der Waals surface area contributed by atoms with Gasteiger partial charge in [0.2, 0.25) is 0 Å². The van der Waals surface area contributed by atoms with E-state index in [0.717, 1.165) is 30.6 Å². The van der Waals surface area contributed by atoms with Crippen molar-refractivity contribution in [1.29, 1.82) is 0 Å². The van der Waals surface area contributed by atoms with Crippen LogP contribution in [0, 0.1) is 19.3 Å². The fraction of sp³-hybridized carbons (Fsp3) is 0.486. The van der Waals surface area contributed by atoms with Crippen molar-refractivity contribution in [2.24, 2.45) is 5.41 Å². The van der Waals surface area contributed by atoms with Gasteiger partial charge in [-0.1, -0.05) is 25.4 Å². The van der Waals surface area contributed by atoms with Gasteiger partial charge >= 0.3 is 5.97 Å². The first kappa shape index (κ1) is 32.2. The van der Waals surface area contributed by atoms with Crippen molar-refractivity contribution in [3.8, 4) is 16.9 Å². The highest BCUT2D eigenvalue weighted by Crippen LogP contribution is 2.65. The SMILES string of the molecule is Cc1cc(-c2cc(Cl)ccc2OCCn2c(C)nc3c(c2=O)C[C@@H](N2CCC[C@@]4(C2)CC4(F)F)CC3(C)C)c2scc(C(=O)O)c2n1. The highest BCUT2D eigenvalue weighted by Gasteiger charge is 2.71. The summed E-state index contributed by atoms with van der Waals surface area (Å²) in [7, 11) is 0. The molecule has 0 bridgehead atoms. The molecular weight excluding hydrogens is 646 g/mol. The summed E-state index contributed by atoms with van der Waals surface area (Å²) in [6, 6.07) is 7.17. The van der Waals surface area contributed by atoms with Crippen LogP contribution in [0.25, 0.3) is 21.3 Å². The zero-order valence-corrected chi connectivity index (χ0v) is 28.4. The minimum Gasteiger partial charge on any atom is -0.491 e. The van der Waals surface area contributed by atoms with Crippen LogP contribution in [0.15, 0.2) is 34.4 Å². The van der Waals surface area contributed by atoms with E-state index in [1.807, 2.05) is 19.9 Å². The number of thiophene rings is 1. The number of hydrogen-bond acceptors (Lipinski definition) is 7. The van der Waals surface area contributed by atoms with E-state index in [2.05, 4.69) is 23.7 Å². The van der Waals surface area contributed by atoms with E-state index in [4.69, 9.17) is 21.3 Å². The largest absolute Gasteiger partial charge is 0.491 e. The Labute approximate surface area is 280 Å². The zero-order chi connectivity index (χ0) is 33.5. The van der Waals surface area contributed by atoms with E-state index >= 15 is 0 Å². The number of carboxylic acids is 1. The number of hydrogen-bond donors (Lipinski definition) is 1. The lowest BCUT2D eigenvalue weighted by Crippen LogP contribution is -2.52. The molecule has 2 fully saturated rings. The summed E-state index contributed by atoms with van der Waals surface area (Å²) < 4.78 is 37.3. The number of rotatable bonds is 7. The molecule has 1 N–H and O–H groups in total. The van der Waals surface area contributed by atoms with Crippen molar-refractivity contribution in [2.75, 3.05) is 19.7 Å². The number of nitrogens with zero attached hydrogens (tertiary/aromatic N) is 4. The Hall–Kier alpha value is -3.41. The third kappa shape index (κ3) is 5.54. The number of likely N-dealkylation sites (tertiary alicyclic amines) is 1. The summed E-state index contributed by atoms with van der Waals surface area (Å²) in [5, 5.41) is 11.8. The number of carboxylic acid groups (broad SMARTS) is 1. The third-order valence-electron chi connectivity index (χ3n) is 10.3. The molecule has 12 heteroatoms. The number of pyridine rings is 1. The van der Waals surface area contributed by atoms with Crippen LogP contribution < -0.4 is 10.3 Å². The van der Waals surface area contributed by atoms with Crippen molar-refractivity contribution < 1.29 is 23.4 Å². The minimum atomic E-state index is -2.59. The second-order valence-electron chi connectivity index (χ2n) is 14.1. The Morgan fingerprint density at radius 1 is 1.19 bits per heavy atom. The van der Waals surface area contributed by atoms with Crippen LogP contribution in [-0.4, -0.2) is 62.2 Å². The predicted molar refractivity (Wildman–Crippen MR) is 178 cm³/mol. The second-order valence-corrected chi connectivity index (χ2v) is 15.4. The monoisotopic (exact) mass is 682 g/mol. The molecular formula is C35H37ClF2N4O4S. The number of benzene rings is 1. The standard InChI is InChI=1S/C35H37ClF2N4O4S/c1-19-12-24(29-28(39-19)26(16-47-29)32(44)45)23-13-21(36)6-7-27(23)46-11-10-42-20(2)40-30-25(31(42)43)14-22(15-33(30,3)4)41-9-5-8-34(18-41)17-35(34,37)38/h6-7,12-13,16,22H,5,8-11,14-15,17-18H2,1-4H3,(H,44,45)/t22-,34+/m1/s1. The number of halogens is 3. The topological polar surface area (TPSA) is 97.6 Å². The van der Waals surface area contributed by atoms with Gasteiger partial charge in [0.15, 0.2) is 0 Å². The van der Waals surface area contributed by atoms with Crippen LogP contribution in [0.3, 0.4) is 0 Å². The molecule has 1 saturated carbocycles. The van der Waals surface area contributed by atoms with E-state index in [1.54, 1.807) is 28.1 Å². The van der Waals surface area contributed by atoms with Gasteiger partial charge < -0.3 is 9.84 Å². The average Bonchev–Trinajstić information content (AvgIpc) is 3.29. The number of piperidine rings is 1. The molecule has 3 aliphatic rings. The molecule has 1 aromatic carbocycles. The Morgan fingerprint density at radius 2 is 1.96 bits per heavy atom. The smallest absolute Gasteiger partial charge is 0.338 e. The Balaban J connectivity index is 1.15. The molecule has 2 aliphatic carbocycles. The Kier molecular flexibility index (Phi) is 7.76. The van der Waals surface area contributed by atoms with Crippen LogP contribution >= 0.6 is 22.9 Å². The summed E-state index contributed by atoms with van der Waals surface area (Å²) in [5.74, 6) is -2.49. The van der Waals surface area contributed by atoms with Crippen LogP contribution in [0.2, 0.25) is 5.02 Å². The van der Waals surface area contributed by atoms with Crippen molar-refractivity contribution >= 4 is 39.1 Å². The lowest BCUT2D eigenvalue weighted by molar-refractivity contribution is 0.00696. The molecule has 0 unspecified atom stereocenters. The van der Waals surface area contributed by atoms with E-state index in [1.165, 1.54) is 11.3 Å². The molecule has 0 amide bonds. The summed E-state index contributed by atoms with van der Waals surface area (Å²) in [6.07, 6.45) is 2.53. The summed E-state index contributed by atoms with van der Waals surface area (Å²) >= 11 is 7.72. The molecule has 0 radical (unpaired) electrons. The molecule has 1 aliphatic heterocycles. The molecule has 248 valence electrons. The van der Waals surface area contributed by atoms with Gasteiger partial charge in [-0.25, -0.2) is 18.6 Å². The number of ether oxygens (including phenoxy) is 1. The van der Waals surface area contributed by atoms with Crippen molar-refractivity contribution in [2.45, 2.75) is 83.7 Å². The number of aryl methyl sites for hydroxylation is 2. The fourth-order valence-electron chi connectivity index (χ4n) is 7.84. The molecule has 1 saturated heterocycles. The van der Waals surface area contributed by atoms with Gasteiger partial charge in [0.1, 0.15) is 18.2 Å². The number of alkyl halides is 2. The first-order chi connectivity index (χ1) is 22.2. The van der Waals surface area contributed by atoms with Gasteiger partial charge in [-0.2, -0.15) is 0 Å². The number of carbonyl (C=O) groups is 1. The summed E-state index contributed by atoms with van der Waals surface area (Å²) in [5.41, 5.74) is 2.76. The molecule has 1 spiro atoms. The maximum absolute atomic E-state index is 14.3. The van der Waals surface area contributed by atoms with Crippen molar-refractivity contribution in [3.05, 3.63) is 73.4 Å². The van der Waals surface area contributed by atoms with Gasteiger partial charge in [0.25, 0.3) is 11.5 Å². The highest BCUT2D eigenvalue weighted by atomic mass is 35.5. The van der Waals surface area contributed by atoms with Crippen LogP contribution in [-0.2, 0) is 18.4 Å². The van der Waals surface area contributed by atoms with Gasteiger partial charge in [-0.15, -0.1) is 11.3 Å². The summed E-state index contributed by atoms with van der Waals surface area (Å²) in [6.45, 7) is 9.40. The molecule has 2 atom stereocenters. The summed E-state index contributed by atoms with van der Waals surface area (Å²) in [4.78, 5) is 37.5. The van der Waals surface area contributed by atoms with E-state index in [0.29, 0.717) is 63.0 Å². The second kappa shape index (κ2) is 11.3. The van der Waals surface area contributed by atoms with Crippen molar-refractivity contribution in [3.63, 3.8) is 0 Å². The van der Waals surface area contributed by atoms with Gasteiger partial charge in [-0.05, 0) is 70.3 Å². The first-order valence-corrected chi connectivity index (χ1v) is 17.2. The number of fused-ring (bicyclic) bond motifs is 2. The van der Waals surface area contributed by atoms with Gasteiger partial charge in [-0.3, -0.25) is 19.2 Å². The number of aromatic nitrogens is 3. The van der Waals surface area contributed by atoms with Crippen LogP contribution in [0.4, 0.5) is 8.78 Å². The average molecular weight is 683 g/mol. The maximum Gasteiger partial charge on any atom is 0.338 e. The van der Waals surface area contributed by atoms with Crippen LogP contribution in [0.1, 0.15) is 72.7 Å². The zero-order valence-electron chi connectivity index (χ0n) is 26.8. The van der Waals surface area contributed by atoms with E-state index in [9.17, 15) is 23.5 Å². The predicted octanol–water partition coefficient (Wildman–Crippen LogP) is 7.28. The lowest BCUT2D eigenvalue weighted by Gasteiger charge is -2.45. The van der Waals surface area contributed by atoms with E-state index < -0.39 is 17.3 Å². The fourth-order valence-corrected chi connectivity index (χ4v) is 9.02. The van der Waals surface area contributed by atoms with Crippen LogP contribution in [0.5, 0.6) is 5.75 Å². The molecule has 4 heterocycles. The molecule has 7 rings (SSSR count). The van der Waals surface area contributed by atoms with Gasteiger partial charge in [0.05, 0.1) is 33.4 Å². The molecule has 4 aromatic rings. The van der Waals surface area contributed by atoms with Crippen molar-refractivity contribution in [1.82, 2.24) is 19.4 Å². The molecule has 3 aromatic heterocycles. The minimum absolute atomic E-state index is 0.00385. The first-order valence-electron chi connectivity index (χ1n) is 16.0. The third-order valence-corrected chi connectivity index (χ3v) is 11.5. The van der Waals surface area contributed by atoms with Gasteiger partial charge in [0, 0.05) is 57.2 Å². The number of aromatic carboxylic acids is 1.